The maximum atomic E-state index is 10.9. The van der Waals surface area contributed by atoms with Crippen molar-refractivity contribution in [2.45, 2.75) is 72.8 Å². The molecule has 3 aromatic rings. The fourth-order valence-corrected chi connectivity index (χ4v) is 4.95. The van der Waals surface area contributed by atoms with Crippen LogP contribution in [0.1, 0.15) is 69.3 Å². The molecule has 6 heteroatoms. The van der Waals surface area contributed by atoms with E-state index in [2.05, 4.69) is 43.6 Å². The smallest absolute Gasteiger partial charge is 0.123 e. The zero-order valence-electron chi connectivity index (χ0n) is 21.6. The van der Waals surface area contributed by atoms with Gasteiger partial charge in [0.1, 0.15) is 22.3 Å². The highest BCUT2D eigenvalue weighted by atomic mass is 32.1. The molecule has 0 spiro atoms. The van der Waals surface area contributed by atoms with Crippen LogP contribution in [0.4, 0.5) is 0 Å². The predicted octanol–water partition coefficient (Wildman–Crippen LogP) is 6.88. The summed E-state index contributed by atoms with van der Waals surface area (Å²) in [5.74, 6) is 1.84. The monoisotopic (exact) mass is 496 g/mol. The fourth-order valence-electron chi connectivity index (χ4n) is 4.11. The first kappa shape index (κ1) is 27.0. The number of ether oxygens (including phenoxy) is 1. The molecule has 1 aromatic heterocycles. The van der Waals surface area contributed by atoms with Gasteiger partial charge in [0.05, 0.1) is 12.3 Å². The number of benzene rings is 2. The first-order valence-electron chi connectivity index (χ1n) is 12.9. The van der Waals surface area contributed by atoms with Crippen molar-refractivity contribution >= 4 is 11.3 Å². The summed E-state index contributed by atoms with van der Waals surface area (Å²) in [5, 5.41) is 27.3. The van der Waals surface area contributed by atoms with Gasteiger partial charge in [0.25, 0.3) is 0 Å². The first-order chi connectivity index (χ1) is 16.9. The topological polar surface area (TPSA) is 74.6 Å². The summed E-state index contributed by atoms with van der Waals surface area (Å²) >= 11 is 1.64. The lowest BCUT2D eigenvalue weighted by molar-refractivity contribution is 0.318. The Hall–Kier alpha value is -2.57. The predicted molar refractivity (Wildman–Crippen MR) is 146 cm³/mol. The number of unbranched alkanes of at least 4 members (excludes halogenated alkanes) is 2. The van der Waals surface area contributed by atoms with Crippen LogP contribution in [0.15, 0.2) is 35.7 Å². The van der Waals surface area contributed by atoms with Crippen LogP contribution < -0.4 is 10.1 Å². The van der Waals surface area contributed by atoms with E-state index < -0.39 is 0 Å². The second kappa shape index (κ2) is 13.5. The standard InChI is InChI=1S/C29H40N2O3S/c1-5-7-8-9-21-15-24(16-23(28(21)33)14-20(3)4)29-31-25(19-35-29)12-13-34-26-11-10-22(18-30-6-2)27(32)17-26/h10-11,15-17,19-20,30,32-33H,5-9,12-14,18H2,1-4H3. The van der Waals surface area contributed by atoms with Crippen molar-refractivity contribution in [3.8, 4) is 27.8 Å². The number of nitrogens with zero attached hydrogens (tertiary/aromatic N) is 1. The molecule has 0 fully saturated rings. The van der Waals surface area contributed by atoms with Gasteiger partial charge in [0, 0.05) is 35.5 Å². The van der Waals surface area contributed by atoms with Crippen molar-refractivity contribution in [1.82, 2.24) is 10.3 Å². The van der Waals surface area contributed by atoms with Gasteiger partial charge in [-0.3, -0.25) is 0 Å². The first-order valence-corrected chi connectivity index (χ1v) is 13.7. The van der Waals surface area contributed by atoms with Gasteiger partial charge in [-0.2, -0.15) is 0 Å². The molecule has 0 atom stereocenters. The van der Waals surface area contributed by atoms with E-state index in [9.17, 15) is 10.2 Å². The number of hydrogen-bond acceptors (Lipinski definition) is 6. The van der Waals surface area contributed by atoms with Crippen LogP contribution >= 0.6 is 11.3 Å². The fraction of sp³-hybridized carbons (Fsp3) is 0.483. The van der Waals surface area contributed by atoms with Gasteiger partial charge < -0.3 is 20.3 Å². The third kappa shape index (κ3) is 7.97. The number of rotatable bonds is 14. The minimum atomic E-state index is 0.249. The van der Waals surface area contributed by atoms with Crippen molar-refractivity contribution in [3.05, 3.63) is 58.1 Å². The minimum Gasteiger partial charge on any atom is -0.507 e. The summed E-state index contributed by atoms with van der Waals surface area (Å²) in [5.41, 5.74) is 4.99. The molecule has 3 rings (SSSR count). The van der Waals surface area contributed by atoms with E-state index in [-0.39, 0.29) is 5.75 Å². The lowest BCUT2D eigenvalue weighted by Gasteiger charge is -2.14. The second-order valence-electron chi connectivity index (χ2n) is 9.51. The Bertz CT molecular complexity index is 1080. The number of aromatic nitrogens is 1. The molecule has 0 aliphatic carbocycles. The lowest BCUT2D eigenvalue weighted by Crippen LogP contribution is -2.11. The van der Waals surface area contributed by atoms with Crippen LogP contribution in [0, 0.1) is 5.92 Å². The Balaban J connectivity index is 1.67. The molecule has 0 aliphatic heterocycles. The van der Waals surface area contributed by atoms with Gasteiger partial charge in [-0.05, 0) is 61.1 Å². The number of aryl methyl sites for hydroxylation is 1. The SMILES string of the molecule is CCCCCc1cc(-c2nc(CCOc3ccc(CNCC)c(O)c3)cs2)cc(CC(C)C)c1O. The second-order valence-corrected chi connectivity index (χ2v) is 10.4. The quantitative estimate of drug-likeness (QED) is 0.212. The highest BCUT2D eigenvalue weighted by Crippen LogP contribution is 2.34. The van der Waals surface area contributed by atoms with Crippen LogP contribution in [0.5, 0.6) is 17.2 Å². The number of aromatic hydroxyl groups is 2. The van der Waals surface area contributed by atoms with Crippen LogP contribution in [-0.2, 0) is 25.8 Å². The molecule has 5 nitrogen and oxygen atoms in total. The van der Waals surface area contributed by atoms with Crippen molar-refractivity contribution in [3.63, 3.8) is 0 Å². The Morgan fingerprint density at radius 2 is 1.80 bits per heavy atom. The average molecular weight is 497 g/mol. The van der Waals surface area contributed by atoms with E-state index in [0.29, 0.717) is 37.0 Å². The van der Waals surface area contributed by atoms with Crippen LogP contribution in [0.2, 0.25) is 0 Å². The Kier molecular flexibility index (Phi) is 10.4. The summed E-state index contributed by atoms with van der Waals surface area (Å²) in [6.45, 7) is 10.6. The molecule has 190 valence electrons. The average Bonchev–Trinajstić information content (AvgIpc) is 3.29. The van der Waals surface area contributed by atoms with Crippen LogP contribution in [0.25, 0.3) is 10.6 Å². The zero-order chi connectivity index (χ0) is 25.2. The van der Waals surface area contributed by atoms with Crippen LogP contribution in [0.3, 0.4) is 0 Å². The molecule has 35 heavy (non-hydrogen) atoms. The Morgan fingerprint density at radius 1 is 1.00 bits per heavy atom. The largest absolute Gasteiger partial charge is 0.507 e. The zero-order valence-corrected chi connectivity index (χ0v) is 22.4. The molecular weight excluding hydrogens is 456 g/mol. The van der Waals surface area contributed by atoms with Crippen molar-refractivity contribution < 1.29 is 14.9 Å². The van der Waals surface area contributed by atoms with E-state index in [0.717, 1.165) is 65.2 Å². The lowest BCUT2D eigenvalue weighted by atomic mass is 9.94. The van der Waals surface area contributed by atoms with Gasteiger partial charge in [0.2, 0.25) is 0 Å². The molecule has 0 saturated heterocycles. The van der Waals surface area contributed by atoms with Gasteiger partial charge in [-0.15, -0.1) is 11.3 Å². The van der Waals surface area contributed by atoms with E-state index in [1.165, 1.54) is 6.42 Å². The number of thiazole rings is 1. The number of hydrogen-bond donors (Lipinski definition) is 3. The molecule has 0 amide bonds. The molecule has 1 heterocycles. The van der Waals surface area contributed by atoms with Gasteiger partial charge in [-0.1, -0.05) is 46.6 Å². The van der Waals surface area contributed by atoms with Crippen molar-refractivity contribution in [2.75, 3.05) is 13.2 Å². The number of phenolic OH excluding ortho intramolecular Hbond substituents is 2. The van der Waals surface area contributed by atoms with Gasteiger partial charge in [0.15, 0.2) is 0 Å². The minimum absolute atomic E-state index is 0.249. The molecule has 0 unspecified atom stereocenters. The van der Waals surface area contributed by atoms with Gasteiger partial charge in [-0.25, -0.2) is 4.98 Å². The van der Waals surface area contributed by atoms with Crippen molar-refractivity contribution in [1.29, 1.82) is 0 Å². The third-order valence-electron chi connectivity index (χ3n) is 5.99. The molecule has 3 N–H and O–H groups in total. The van der Waals surface area contributed by atoms with E-state index in [4.69, 9.17) is 9.72 Å². The van der Waals surface area contributed by atoms with E-state index in [1.807, 2.05) is 19.1 Å². The third-order valence-corrected chi connectivity index (χ3v) is 6.93. The summed E-state index contributed by atoms with van der Waals surface area (Å²) in [6.07, 6.45) is 5.85. The normalized spacial score (nSPS) is 11.3. The maximum Gasteiger partial charge on any atom is 0.123 e. The summed E-state index contributed by atoms with van der Waals surface area (Å²) in [6, 6.07) is 9.69. The summed E-state index contributed by atoms with van der Waals surface area (Å²) in [7, 11) is 0. The molecule has 0 aliphatic rings. The Morgan fingerprint density at radius 3 is 2.51 bits per heavy atom. The molecule has 0 radical (unpaired) electrons. The number of nitrogens with one attached hydrogen (secondary N) is 1. The Labute approximate surface area is 214 Å². The van der Waals surface area contributed by atoms with E-state index in [1.54, 1.807) is 17.4 Å². The van der Waals surface area contributed by atoms with Crippen LogP contribution in [-0.4, -0.2) is 28.3 Å². The van der Waals surface area contributed by atoms with E-state index >= 15 is 0 Å². The maximum absolute atomic E-state index is 10.9. The summed E-state index contributed by atoms with van der Waals surface area (Å²) in [4.78, 5) is 4.86. The van der Waals surface area contributed by atoms with Crippen molar-refractivity contribution in [2.24, 2.45) is 5.92 Å². The molecule has 2 aromatic carbocycles. The highest BCUT2D eigenvalue weighted by Gasteiger charge is 2.15. The molecule has 0 saturated carbocycles. The highest BCUT2D eigenvalue weighted by molar-refractivity contribution is 7.13. The summed E-state index contributed by atoms with van der Waals surface area (Å²) < 4.78 is 5.87. The molecule has 0 bridgehead atoms. The van der Waals surface area contributed by atoms with Gasteiger partial charge >= 0.3 is 0 Å². The number of phenols is 2. The molecular formula is C29H40N2O3S.